The summed E-state index contributed by atoms with van der Waals surface area (Å²) in [6.07, 6.45) is 2.02. The molecule has 0 spiro atoms. The van der Waals surface area contributed by atoms with Crippen molar-refractivity contribution >= 4 is 16.8 Å². The summed E-state index contributed by atoms with van der Waals surface area (Å²) < 4.78 is 6.40. The van der Waals surface area contributed by atoms with Gasteiger partial charge in [0.15, 0.2) is 0 Å². The highest BCUT2D eigenvalue weighted by Crippen LogP contribution is 2.10. The van der Waals surface area contributed by atoms with Crippen molar-refractivity contribution in [1.29, 1.82) is 0 Å². The summed E-state index contributed by atoms with van der Waals surface area (Å²) >= 11 is 0. The Morgan fingerprint density at radius 1 is 1.12 bits per heavy atom. The Labute approximate surface area is 187 Å². The number of aromatic nitrogens is 4. The first-order valence-electron chi connectivity index (χ1n) is 10.5. The number of carbonyl (C=O) groups is 1. The van der Waals surface area contributed by atoms with E-state index < -0.39 is 5.43 Å². The van der Waals surface area contributed by atoms with Crippen molar-refractivity contribution in [1.82, 2.24) is 30.4 Å². The van der Waals surface area contributed by atoms with E-state index in [0.717, 1.165) is 0 Å². The molecule has 0 fully saturated rings. The number of nitrogens with zero attached hydrogens (tertiary/aromatic N) is 3. The number of fused-ring (bicyclic) bond motifs is 1. The smallest absolute Gasteiger partial charge is 0.251 e. The van der Waals surface area contributed by atoms with Crippen molar-refractivity contribution in [2.75, 3.05) is 26.7 Å². The molecule has 2 heterocycles. The SMILES string of the molecule is COc1ccc(C(=O)NCCNCCCn2c3c(=O)c4ncccc4c(=O)c=3[nH]n2O)cc1. The number of H-pyrrole nitrogens is 1. The van der Waals surface area contributed by atoms with Crippen molar-refractivity contribution < 1.29 is 14.7 Å². The second-order valence-electron chi connectivity index (χ2n) is 7.39. The minimum absolute atomic E-state index is 0.0391. The Balaban J connectivity index is 1.31. The Morgan fingerprint density at radius 2 is 1.91 bits per heavy atom. The number of aromatic amines is 1. The second kappa shape index (κ2) is 9.57. The molecular weight excluding hydrogens is 428 g/mol. The van der Waals surface area contributed by atoms with Crippen LogP contribution in [0.15, 0.2) is 52.2 Å². The quantitative estimate of drug-likeness (QED) is 0.211. The van der Waals surface area contributed by atoms with Gasteiger partial charge in [-0.05, 0) is 49.4 Å². The van der Waals surface area contributed by atoms with Crippen LogP contribution in [-0.4, -0.2) is 57.6 Å². The minimum atomic E-state index is -0.418. The van der Waals surface area contributed by atoms with Crippen LogP contribution < -0.4 is 26.2 Å². The summed E-state index contributed by atoms with van der Waals surface area (Å²) in [5, 5.41) is 19.1. The number of pyridine rings is 1. The van der Waals surface area contributed by atoms with Gasteiger partial charge in [-0.2, -0.15) is 0 Å². The Bertz CT molecular complexity index is 1450. The summed E-state index contributed by atoms with van der Waals surface area (Å²) in [5.41, 5.74) is -0.181. The zero-order valence-electron chi connectivity index (χ0n) is 18.0. The number of ether oxygens (including phenoxy) is 1. The molecule has 0 radical (unpaired) electrons. The molecule has 33 heavy (non-hydrogen) atoms. The largest absolute Gasteiger partial charge is 0.497 e. The van der Waals surface area contributed by atoms with E-state index >= 15 is 0 Å². The molecule has 0 unspecified atom stereocenters. The van der Waals surface area contributed by atoms with E-state index in [1.54, 1.807) is 37.4 Å². The van der Waals surface area contributed by atoms with E-state index in [1.807, 2.05) is 0 Å². The van der Waals surface area contributed by atoms with E-state index in [4.69, 9.17) is 4.74 Å². The van der Waals surface area contributed by atoms with Gasteiger partial charge in [-0.3, -0.25) is 19.4 Å². The first kappa shape index (κ1) is 22.1. The van der Waals surface area contributed by atoms with Gasteiger partial charge in [0.1, 0.15) is 22.0 Å². The predicted molar refractivity (Wildman–Crippen MR) is 120 cm³/mol. The van der Waals surface area contributed by atoms with Crippen LogP contribution in [0.2, 0.25) is 0 Å². The van der Waals surface area contributed by atoms with E-state index in [0.29, 0.717) is 42.3 Å². The van der Waals surface area contributed by atoms with Crippen LogP contribution in [0, 0.1) is 10.7 Å². The molecule has 11 nitrogen and oxygen atoms in total. The Morgan fingerprint density at radius 3 is 2.67 bits per heavy atom. The summed E-state index contributed by atoms with van der Waals surface area (Å²) in [5.74, 6) is 0.512. The van der Waals surface area contributed by atoms with Crippen LogP contribution in [0.4, 0.5) is 0 Å². The summed E-state index contributed by atoms with van der Waals surface area (Å²) in [6.45, 7) is 1.84. The molecule has 1 aliphatic heterocycles. The van der Waals surface area contributed by atoms with Gasteiger partial charge in [0.25, 0.3) is 5.91 Å². The third kappa shape index (κ3) is 4.44. The van der Waals surface area contributed by atoms with Crippen molar-refractivity contribution in [3.63, 3.8) is 0 Å². The third-order valence-corrected chi connectivity index (χ3v) is 5.31. The molecule has 2 aliphatic rings. The first-order chi connectivity index (χ1) is 16.0. The lowest BCUT2D eigenvalue weighted by molar-refractivity contribution is 0.0689. The first-order valence-corrected chi connectivity index (χ1v) is 10.5. The van der Waals surface area contributed by atoms with Gasteiger partial charge in [-0.1, -0.05) is 4.96 Å². The van der Waals surface area contributed by atoms with Crippen molar-refractivity contribution in [2.45, 2.75) is 13.0 Å². The molecule has 0 bridgehead atoms. The van der Waals surface area contributed by atoms with Crippen LogP contribution in [0.25, 0.3) is 10.9 Å². The molecule has 1 aliphatic carbocycles. The fourth-order valence-corrected chi connectivity index (χ4v) is 3.64. The molecule has 0 atom stereocenters. The van der Waals surface area contributed by atoms with Crippen LogP contribution in [0.3, 0.4) is 0 Å². The van der Waals surface area contributed by atoms with Crippen LogP contribution in [0.1, 0.15) is 16.8 Å². The Hall–Kier alpha value is -4.12. The minimum Gasteiger partial charge on any atom is -0.497 e. The number of benzene rings is 1. The summed E-state index contributed by atoms with van der Waals surface area (Å²) in [6, 6.07) is 9.97. The topological polar surface area (TPSA) is 143 Å². The van der Waals surface area contributed by atoms with E-state index in [9.17, 15) is 19.6 Å². The number of nitrogens with one attached hydrogen (secondary N) is 3. The maximum Gasteiger partial charge on any atom is 0.251 e. The highest BCUT2D eigenvalue weighted by Gasteiger charge is 2.15. The van der Waals surface area contributed by atoms with Gasteiger partial charge in [0.05, 0.1) is 12.5 Å². The number of hydrogen-bond acceptors (Lipinski definition) is 7. The predicted octanol–water partition coefficient (Wildman–Crippen LogP) is 0.267. The fraction of sp³-hybridized carbons (Fsp3) is 0.273. The molecule has 0 saturated carbocycles. The molecule has 1 aromatic carbocycles. The lowest BCUT2D eigenvalue weighted by atomic mass is 10.2. The Kier molecular flexibility index (Phi) is 6.41. The van der Waals surface area contributed by atoms with Gasteiger partial charge in [-0.25, -0.2) is 9.78 Å². The number of hydrogen-bond donors (Lipinski definition) is 4. The van der Waals surface area contributed by atoms with E-state index in [2.05, 4.69) is 20.7 Å². The van der Waals surface area contributed by atoms with Gasteiger partial charge in [0, 0.05) is 31.4 Å². The number of carbonyl (C=O) groups excluding carboxylic acids is 1. The molecule has 172 valence electrons. The van der Waals surface area contributed by atoms with Gasteiger partial charge < -0.3 is 20.6 Å². The molecular formula is C22H24N6O5. The van der Waals surface area contributed by atoms with Gasteiger partial charge in [0.2, 0.25) is 10.9 Å². The van der Waals surface area contributed by atoms with Gasteiger partial charge in [-0.15, -0.1) is 0 Å². The molecule has 11 heteroatoms. The number of rotatable bonds is 9. The standard InChI is InChI=1S/C22H24N6O5/c1-33-15-7-5-14(6-8-15)22(31)25-12-11-23-9-3-13-27-19-18(26-28(27)32)20(29)16-4-2-10-24-17(16)21(19)30/h2,4-8,10,23,26,32H,3,9,11-13H2,1H3,(H,25,31). The maximum atomic E-state index is 12.8. The average Bonchev–Trinajstić information content (AvgIpc) is 3.18. The molecule has 4 N–H and O–H groups in total. The molecule has 2 aromatic rings. The highest BCUT2D eigenvalue weighted by atomic mass is 16.5. The van der Waals surface area contributed by atoms with Crippen molar-refractivity contribution in [3.8, 4) is 5.75 Å². The van der Waals surface area contributed by atoms with Crippen LogP contribution in [0.5, 0.6) is 5.75 Å². The molecule has 0 saturated heterocycles. The third-order valence-electron chi connectivity index (χ3n) is 5.31. The lowest BCUT2D eigenvalue weighted by Crippen LogP contribution is -2.32. The highest BCUT2D eigenvalue weighted by molar-refractivity contribution is 5.94. The maximum absolute atomic E-state index is 12.8. The fourth-order valence-electron chi connectivity index (χ4n) is 3.64. The second-order valence-corrected chi connectivity index (χ2v) is 7.39. The molecule has 1 aromatic heterocycles. The molecule has 1 amide bonds. The number of methoxy groups -OCH3 is 1. The van der Waals surface area contributed by atoms with Crippen molar-refractivity contribution in [2.24, 2.45) is 0 Å². The normalized spacial score (nSPS) is 11.2. The van der Waals surface area contributed by atoms with Gasteiger partial charge >= 0.3 is 0 Å². The van der Waals surface area contributed by atoms with E-state index in [-0.39, 0.29) is 39.5 Å². The van der Waals surface area contributed by atoms with Crippen LogP contribution >= 0.6 is 0 Å². The monoisotopic (exact) mass is 452 g/mol. The van der Waals surface area contributed by atoms with Crippen LogP contribution in [-0.2, 0) is 6.54 Å². The average molecular weight is 452 g/mol. The molecule has 4 rings (SSSR count). The summed E-state index contributed by atoms with van der Waals surface area (Å²) in [4.78, 5) is 42.3. The zero-order valence-corrected chi connectivity index (χ0v) is 18.0. The number of amides is 1. The lowest BCUT2D eigenvalue weighted by Gasteiger charge is -2.09. The van der Waals surface area contributed by atoms with E-state index in [1.165, 1.54) is 16.9 Å². The zero-order chi connectivity index (χ0) is 23.4. The van der Waals surface area contributed by atoms with Crippen molar-refractivity contribution in [3.05, 3.63) is 79.3 Å². The summed E-state index contributed by atoms with van der Waals surface area (Å²) in [7, 11) is 1.57.